The third-order valence-corrected chi connectivity index (χ3v) is 7.28. The van der Waals surface area contributed by atoms with Crippen LogP contribution in [0.2, 0.25) is 0 Å². The van der Waals surface area contributed by atoms with Crippen LogP contribution >= 0.6 is 7.82 Å². The van der Waals surface area contributed by atoms with Crippen molar-refractivity contribution in [1.82, 2.24) is 0 Å². The van der Waals surface area contributed by atoms with E-state index < -0.39 is 20.0 Å². The molecule has 0 saturated heterocycles. The van der Waals surface area contributed by atoms with E-state index in [1.165, 1.54) is 57.8 Å². The molecule has 0 aliphatic heterocycles. The summed E-state index contributed by atoms with van der Waals surface area (Å²) in [7, 11) is -4.64. The van der Waals surface area contributed by atoms with Crippen LogP contribution < -0.4 is 34.7 Å². The SMILES string of the molecule is CCCCCCCCCCN=C([O-])CCCCCCCC(OP(=O)(O)O)C(O)CCCCCCCC.[Na+]. The molecule has 37 heavy (non-hydrogen) atoms. The molecular formula is C28H57NNaO6P. The first kappa shape index (κ1) is 39.7. The number of phosphoric acid groups is 1. The van der Waals surface area contributed by atoms with E-state index in [9.17, 15) is 24.6 Å². The van der Waals surface area contributed by atoms with E-state index >= 15 is 0 Å². The fraction of sp³-hybridized carbons (Fsp3) is 0.964. The van der Waals surface area contributed by atoms with E-state index in [1.54, 1.807) is 0 Å². The number of rotatable bonds is 27. The zero-order chi connectivity index (χ0) is 26.9. The van der Waals surface area contributed by atoms with Gasteiger partial charge in [-0.3, -0.25) is 4.52 Å². The van der Waals surface area contributed by atoms with Crippen molar-refractivity contribution in [2.75, 3.05) is 6.54 Å². The summed E-state index contributed by atoms with van der Waals surface area (Å²) >= 11 is 0. The Morgan fingerprint density at radius 1 is 0.730 bits per heavy atom. The minimum Gasteiger partial charge on any atom is -0.862 e. The van der Waals surface area contributed by atoms with Crippen LogP contribution in [-0.2, 0) is 9.09 Å². The van der Waals surface area contributed by atoms with Crippen molar-refractivity contribution in [1.29, 1.82) is 0 Å². The van der Waals surface area contributed by atoms with Crippen LogP contribution in [0.25, 0.3) is 0 Å². The summed E-state index contributed by atoms with van der Waals surface area (Å²) in [5, 5.41) is 22.3. The zero-order valence-corrected chi connectivity index (χ0v) is 27.3. The van der Waals surface area contributed by atoms with Crippen molar-refractivity contribution >= 4 is 13.7 Å². The van der Waals surface area contributed by atoms with Crippen LogP contribution in [0.3, 0.4) is 0 Å². The molecule has 0 rings (SSSR count). The van der Waals surface area contributed by atoms with E-state index in [2.05, 4.69) is 18.8 Å². The van der Waals surface area contributed by atoms with E-state index in [4.69, 9.17) is 4.52 Å². The standard InChI is InChI=1S/C28H58NO6P.Na/c1-3-5-7-9-11-12-17-21-25-29-28(31)24-20-16-13-15-19-23-27(35-36(32,33)34)26(30)22-18-14-10-8-6-4-2;/h26-27,30H,3-25H2,1-2H3,(H,29,31)(H2,32,33,34);/q;+1/p-1. The number of aliphatic imine (C=N–C) groups is 1. The molecule has 7 nitrogen and oxygen atoms in total. The molecule has 0 fully saturated rings. The Hall–Kier alpha value is 0.540. The van der Waals surface area contributed by atoms with Crippen molar-refractivity contribution in [3.8, 4) is 0 Å². The maximum Gasteiger partial charge on any atom is 1.00 e. The average Bonchev–Trinajstić information content (AvgIpc) is 2.83. The summed E-state index contributed by atoms with van der Waals surface area (Å²) in [4.78, 5) is 22.6. The Labute approximate surface area is 250 Å². The van der Waals surface area contributed by atoms with Crippen LogP contribution in [0.5, 0.6) is 0 Å². The predicted molar refractivity (Wildman–Crippen MR) is 148 cm³/mol. The topological polar surface area (TPSA) is 122 Å². The second kappa shape index (κ2) is 28.1. The second-order valence-electron chi connectivity index (χ2n) is 10.3. The largest absolute Gasteiger partial charge is 1.00 e. The van der Waals surface area contributed by atoms with Crippen LogP contribution in [0.15, 0.2) is 4.99 Å². The summed E-state index contributed by atoms with van der Waals surface area (Å²) in [5.74, 6) is 0.00544. The van der Waals surface area contributed by atoms with Gasteiger partial charge in [0, 0.05) is 6.54 Å². The van der Waals surface area contributed by atoms with E-state index in [0.717, 1.165) is 64.2 Å². The summed E-state index contributed by atoms with van der Waals surface area (Å²) < 4.78 is 16.2. The van der Waals surface area contributed by atoms with Crippen LogP contribution in [-0.4, -0.2) is 39.5 Å². The van der Waals surface area contributed by atoms with Gasteiger partial charge in [0.2, 0.25) is 0 Å². The predicted octanol–water partition coefficient (Wildman–Crippen LogP) is 4.21. The van der Waals surface area contributed by atoms with E-state index in [0.29, 0.717) is 25.8 Å². The molecule has 0 amide bonds. The molecule has 3 N–H and O–H groups in total. The number of hydrogen-bond donors (Lipinski definition) is 3. The van der Waals surface area contributed by atoms with Crippen molar-refractivity contribution < 1.29 is 58.6 Å². The van der Waals surface area contributed by atoms with Crippen molar-refractivity contribution in [3.05, 3.63) is 0 Å². The van der Waals surface area contributed by atoms with Gasteiger partial charge < -0.3 is 25.0 Å². The molecule has 0 aromatic heterocycles. The minimum absolute atomic E-state index is 0. The number of phosphoric ester groups is 1. The molecule has 2 unspecified atom stereocenters. The van der Waals surface area contributed by atoms with Gasteiger partial charge in [0.1, 0.15) is 0 Å². The van der Waals surface area contributed by atoms with Gasteiger partial charge in [0.05, 0.1) is 12.2 Å². The third kappa shape index (κ3) is 29.3. The van der Waals surface area contributed by atoms with E-state index in [1.807, 2.05) is 0 Å². The van der Waals surface area contributed by atoms with Gasteiger partial charge in [-0.25, -0.2) is 4.57 Å². The maximum absolute atomic E-state index is 11.9. The Morgan fingerprint density at radius 3 is 1.68 bits per heavy atom. The normalized spacial score (nSPS) is 13.9. The monoisotopic (exact) mass is 557 g/mol. The second-order valence-corrected chi connectivity index (χ2v) is 11.5. The van der Waals surface area contributed by atoms with E-state index in [-0.39, 0.29) is 35.5 Å². The van der Waals surface area contributed by atoms with Gasteiger partial charge in [0.15, 0.2) is 0 Å². The first-order valence-corrected chi connectivity index (χ1v) is 16.5. The number of nitrogens with zero attached hydrogens (tertiary/aromatic N) is 1. The molecule has 0 aromatic rings. The first-order valence-electron chi connectivity index (χ1n) is 14.9. The van der Waals surface area contributed by atoms with Gasteiger partial charge in [0.25, 0.3) is 0 Å². The van der Waals surface area contributed by atoms with Crippen molar-refractivity contribution in [2.45, 2.75) is 167 Å². The Bertz CT molecular complexity index is 561. The summed E-state index contributed by atoms with van der Waals surface area (Å²) in [6, 6.07) is 0. The number of unbranched alkanes of at least 4 members (excludes halogenated alkanes) is 16. The molecule has 0 radical (unpaired) electrons. The third-order valence-electron chi connectivity index (χ3n) is 6.73. The van der Waals surface area contributed by atoms with Gasteiger partial charge >= 0.3 is 37.4 Å². The van der Waals surface area contributed by atoms with Gasteiger partial charge in [-0.1, -0.05) is 123 Å². The Morgan fingerprint density at radius 2 is 1.16 bits per heavy atom. The maximum atomic E-state index is 11.9. The molecule has 0 spiro atoms. The molecule has 216 valence electrons. The minimum atomic E-state index is -4.64. The molecule has 0 aliphatic carbocycles. The van der Waals surface area contributed by atoms with Gasteiger partial charge in [-0.15, -0.1) is 0 Å². The zero-order valence-electron chi connectivity index (χ0n) is 24.4. The average molecular weight is 558 g/mol. The molecule has 0 aliphatic rings. The number of aliphatic hydroxyl groups is 1. The quantitative estimate of drug-likeness (QED) is 0.0457. The first-order chi connectivity index (χ1) is 17.3. The van der Waals surface area contributed by atoms with Gasteiger partial charge in [-0.2, -0.15) is 0 Å². The molecular weight excluding hydrogens is 500 g/mol. The fourth-order valence-electron chi connectivity index (χ4n) is 4.49. The molecule has 9 heteroatoms. The summed E-state index contributed by atoms with van der Waals surface area (Å²) in [6.45, 7) is 5.05. The molecule has 0 saturated carbocycles. The van der Waals surface area contributed by atoms with Crippen molar-refractivity contribution in [2.24, 2.45) is 4.99 Å². The van der Waals surface area contributed by atoms with Gasteiger partial charge in [-0.05, 0) is 38.0 Å². The molecule has 0 aromatic carbocycles. The van der Waals surface area contributed by atoms with Crippen LogP contribution in [0, 0.1) is 0 Å². The summed E-state index contributed by atoms with van der Waals surface area (Å²) in [6.07, 6.45) is 20.6. The number of aliphatic hydroxyl groups excluding tert-OH is 1. The Kier molecular flexibility index (Phi) is 30.1. The number of hydrogen-bond acceptors (Lipinski definition) is 5. The Balaban J connectivity index is 0. The van der Waals surface area contributed by atoms with Crippen LogP contribution in [0.4, 0.5) is 0 Å². The summed E-state index contributed by atoms with van der Waals surface area (Å²) in [5.41, 5.74) is 0. The smallest absolute Gasteiger partial charge is 0.862 e. The molecule has 0 bridgehead atoms. The van der Waals surface area contributed by atoms with Crippen LogP contribution in [0.1, 0.15) is 155 Å². The fourth-order valence-corrected chi connectivity index (χ4v) is 5.09. The van der Waals surface area contributed by atoms with Crippen molar-refractivity contribution in [3.63, 3.8) is 0 Å². The molecule has 2 atom stereocenters. The molecule has 0 heterocycles.